The van der Waals surface area contributed by atoms with Gasteiger partial charge < -0.3 is 24.9 Å². The molecule has 0 bridgehead atoms. The van der Waals surface area contributed by atoms with Crippen molar-refractivity contribution >= 4 is 22.8 Å². The number of aliphatic hydroxyl groups excluding tert-OH is 3. The summed E-state index contributed by atoms with van der Waals surface area (Å²) in [4.78, 5) is 17.1. The summed E-state index contributed by atoms with van der Waals surface area (Å²) in [6, 6.07) is 0. The quantitative estimate of drug-likeness (QED) is 0.576. The molecule has 1 aliphatic heterocycles. The van der Waals surface area contributed by atoms with E-state index < -0.39 is 31.2 Å². The average Bonchev–Trinajstić information content (AvgIpc) is 2.97. The minimum Gasteiger partial charge on any atom is -0.394 e. The van der Waals surface area contributed by atoms with Gasteiger partial charge in [0.25, 0.3) is 6.29 Å². The zero-order chi connectivity index (χ0) is 14.3. The Morgan fingerprint density at radius 3 is 2.80 bits per heavy atom. The fraction of sp³-hybridized carbons (Fsp3) is 0.500. The van der Waals surface area contributed by atoms with Crippen LogP contribution in [-0.2, 0) is 4.74 Å². The molecule has 9 nitrogen and oxygen atoms in total. The molecule has 0 amide bonds. The molecule has 1 unspecified atom stereocenters. The summed E-state index contributed by atoms with van der Waals surface area (Å²) in [5.41, 5.74) is 0.628. The van der Waals surface area contributed by atoms with E-state index in [1.807, 2.05) is 0 Å². The van der Waals surface area contributed by atoms with Crippen LogP contribution in [0, 0.1) is 0 Å². The third-order valence-corrected chi connectivity index (χ3v) is 3.25. The Labute approximate surface area is 117 Å². The van der Waals surface area contributed by atoms with E-state index in [-0.39, 0.29) is 5.15 Å². The maximum absolute atomic E-state index is 9.78. The fourth-order valence-electron chi connectivity index (χ4n) is 1.93. The molecule has 0 aliphatic carbocycles. The normalized spacial score (nSPS) is 30.0. The van der Waals surface area contributed by atoms with Gasteiger partial charge in [-0.2, -0.15) is 0 Å². The third-order valence-electron chi connectivity index (χ3n) is 2.97. The number of fused-ring (bicyclic) bond motifs is 1. The molecular weight excluding hydrogens is 292 g/mol. The maximum Gasteiger partial charge on any atom is 0.254 e. The van der Waals surface area contributed by atoms with Crippen LogP contribution in [0.15, 0.2) is 12.7 Å². The van der Waals surface area contributed by atoms with Crippen molar-refractivity contribution < 1.29 is 24.9 Å². The highest BCUT2D eigenvalue weighted by Gasteiger charge is 2.44. The van der Waals surface area contributed by atoms with Crippen LogP contribution in [0.3, 0.4) is 0 Å². The molecule has 2 aromatic rings. The average molecular weight is 303 g/mol. The number of hydrogen-bond donors (Lipinski definition) is 3. The van der Waals surface area contributed by atoms with Gasteiger partial charge in [-0.05, 0) is 0 Å². The first-order valence-corrected chi connectivity index (χ1v) is 6.12. The van der Waals surface area contributed by atoms with Crippen LogP contribution in [-0.4, -0.2) is 66.2 Å². The zero-order valence-electron chi connectivity index (χ0n) is 10.00. The van der Waals surface area contributed by atoms with Crippen molar-refractivity contribution in [3.8, 4) is 0 Å². The summed E-state index contributed by atoms with van der Waals surface area (Å²) >= 11 is 5.85. The minimum absolute atomic E-state index is 0.165. The van der Waals surface area contributed by atoms with Crippen molar-refractivity contribution in [3.05, 3.63) is 17.8 Å². The van der Waals surface area contributed by atoms with E-state index in [1.54, 1.807) is 0 Å². The second-order valence-corrected chi connectivity index (χ2v) is 4.58. The van der Waals surface area contributed by atoms with E-state index in [2.05, 4.69) is 15.0 Å². The van der Waals surface area contributed by atoms with E-state index in [4.69, 9.17) is 26.3 Å². The number of imidazole rings is 1. The predicted molar refractivity (Wildman–Crippen MR) is 64.7 cm³/mol. The lowest BCUT2D eigenvalue weighted by molar-refractivity contribution is -0.169. The Bertz CT molecular complexity index is 623. The number of halogens is 1. The van der Waals surface area contributed by atoms with Gasteiger partial charge in [-0.15, -0.1) is 4.73 Å². The summed E-state index contributed by atoms with van der Waals surface area (Å²) in [7, 11) is 0. The molecule has 3 N–H and O–H groups in total. The van der Waals surface area contributed by atoms with Gasteiger partial charge in [-0.3, -0.25) is 0 Å². The number of rotatable bonds is 3. The van der Waals surface area contributed by atoms with E-state index in [0.29, 0.717) is 11.2 Å². The largest absolute Gasteiger partial charge is 0.394 e. The van der Waals surface area contributed by atoms with Gasteiger partial charge >= 0.3 is 0 Å². The van der Waals surface area contributed by atoms with Gasteiger partial charge in [-0.25, -0.2) is 15.0 Å². The maximum atomic E-state index is 9.78. The van der Waals surface area contributed by atoms with E-state index in [0.717, 1.165) is 4.73 Å². The number of aliphatic hydroxyl groups is 3. The summed E-state index contributed by atoms with van der Waals surface area (Å²) in [5.74, 6) is 0. The molecular formula is C10H11ClN4O5. The Kier molecular flexibility index (Phi) is 3.44. The second-order valence-electron chi connectivity index (χ2n) is 4.22. The molecule has 1 saturated heterocycles. The number of nitrogens with zero attached hydrogens (tertiary/aromatic N) is 4. The van der Waals surface area contributed by atoms with Gasteiger partial charge in [-0.1, -0.05) is 11.6 Å². The molecule has 108 valence electrons. The molecule has 3 rings (SSSR count). The van der Waals surface area contributed by atoms with Crippen LogP contribution in [0.5, 0.6) is 0 Å². The lowest BCUT2D eigenvalue weighted by Gasteiger charge is -2.16. The molecule has 4 atom stereocenters. The molecule has 2 aromatic heterocycles. The van der Waals surface area contributed by atoms with Crippen LogP contribution in [0.4, 0.5) is 0 Å². The standard InChI is InChI=1S/C10H11ClN4O5/c11-8-5-9(13-2-12-8)15(3-14-5)20-10-7(18)6(17)4(1-16)19-10/h2-4,6-7,10,16-18H,1H2/t4-,6-,7-,10?/m1/s1. The van der Waals surface area contributed by atoms with E-state index in [1.165, 1.54) is 12.7 Å². The third kappa shape index (κ3) is 2.09. The summed E-state index contributed by atoms with van der Waals surface area (Å²) in [6.07, 6.45) is -2.08. The first-order valence-electron chi connectivity index (χ1n) is 5.75. The Balaban J connectivity index is 1.85. The molecule has 0 aromatic carbocycles. The molecule has 0 spiro atoms. The van der Waals surface area contributed by atoms with Crippen molar-refractivity contribution in [2.45, 2.75) is 24.6 Å². The van der Waals surface area contributed by atoms with E-state index >= 15 is 0 Å². The molecule has 20 heavy (non-hydrogen) atoms. The Morgan fingerprint density at radius 1 is 1.30 bits per heavy atom. The smallest absolute Gasteiger partial charge is 0.254 e. The predicted octanol–water partition coefficient (Wildman–Crippen LogP) is -1.65. The second kappa shape index (κ2) is 5.11. The highest BCUT2D eigenvalue weighted by molar-refractivity contribution is 6.33. The SMILES string of the molecule is OC[C@H]1OC(On2cnc3c(Cl)ncnc32)[C@H](O)[C@@H]1O. The van der Waals surface area contributed by atoms with Crippen molar-refractivity contribution in [2.75, 3.05) is 6.61 Å². The van der Waals surface area contributed by atoms with Crippen molar-refractivity contribution in [2.24, 2.45) is 0 Å². The van der Waals surface area contributed by atoms with Crippen molar-refractivity contribution in [1.29, 1.82) is 0 Å². The molecule has 3 heterocycles. The first kappa shape index (κ1) is 13.5. The highest BCUT2D eigenvalue weighted by atomic mass is 35.5. The van der Waals surface area contributed by atoms with Crippen LogP contribution in [0.2, 0.25) is 5.15 Å². The van der Waals surface area contributed by atoms with Crippen LogP contribution in [0.1, 0.15) is 0 Å². The van der Waals surface area contributed by atoms with Gasteiger partial charge in [0, 0.05) is 0 Å². The summed E-state index contributed by atoms with van der Waals surface area (Å²) in [5, 5.41) is 28.6. The summed E-state index contributed by atoms with van der Waals surface area (Å²) < 4.78 is 6.35. The van der Waals surface area contributed by atoms with Gasteiger partial charge in [0.05, 0.1) is 6.61 Å². The molecule has 1 fully saturated rings. The highest BCUT2D eigenvalue weighted by Crippen LogP contribution is 2.22. The van der Waals surface area contributed by atoms with Crippen molar-refractivity contribution in [3.63, 3.8) is 0 Å². The van der Waals surface area contributed by atoms with Gasteiger partial charge in [0.1, 0.15) is 36.5 Å². The van der Waals surface area contributed by atoms with E-state index in [9.17, 15) is 10.2 Å². The fourth-order valence-corrected chi connectivity index (χ4v) is 2.10. The van der Waals surface area contributed by atoms with Crippen LogP contribution >= 0.6 is 11.6 Å². The number of hydrogen-bond acceptors (Lipinski definition) is 8. The topological polar surface area (TPSA) is 123 Å². The molecule has 0 radical (unpaired) electrons. The molecule has 10 heteroatoms. The Morgan fingerprint density at radius 2 is 2.10 bits per heavy atom. The number of ether oxygens (including phenoxy) is 1. The monoisotopic (exact) mass is 302 g/mol. The Hall–Kier alpha value is -1.52. The van der Waals surface area contributed by atoms with Gasteiger partial charge in [0.2, 0.25) is 5.65 Å². The van der Waals surface area contributed by atoms with Crippen LogP contribution in [0.25, 0.3) is 11.2 Å². The lowest BCUT2D eigenvalue weighted by Crippen LogP contribution is -2.38. The minimum atomic E-state index is -1.30. The zero-order valence-corrected chi connectivity index (χ0v) is 10.8. The molecule has 0 saturated carbocycles. The van der Waals surface area contributed by atoms with Crippen LogP contribution < -0.4 is 4.84 Å². The lowest BCUT2D eigenvalue weighted by atomic mass is 10.1. The number of aromatic nitrogens is 4. The van der Waals surface area contributed by atoms with Gasteiger partial charge in [0.15, 0.2) is 5.15 Å². The first-order chi connectivity index (χ1) is 9.61. The van der Waals surface area contributed by atoms with Crippen molar-refractivity contribution in [1.82, 2.24) is 19.7 Å². The molecule has 1 aliphatic rings. The summed E-state index contributed by atoms with van der Waals surface area (Å²) in [6.45, 7) is -0.434.